The van der Waals surface area contributed by atoms with Gasteiger partial charge in [-0.2, -0.15) is 0 Å². The van der Waals surface area contributed by atoms with Crippen molar-refractivity contribution in [3.63, 3.8) is 0 Å². The first-order chi connectivity index (χ1) is 9.52. The second kappa shape index (κ2) is 6.04. The lowest BCUT2D eigenvalue weighted by Gasteiger charge is -2.12. The Morgan fingerprint density at radius 1 is 1.45 bits per heavy atom. The summed E-state index contributed by atoms with van der Waals surface area (Å²) in [6.45, 7) is 4.78. The lowest BCUT2D eigenvalue weighted by Crippen LogP contribution is -2.07. The van der Waals surface area contributed by atoms with Crippen LogP contribution in [0.5, 0.6) is 0 Å². The van der Waals surface area contributed by atoms with Crippen LogP contribution in [0, 0.1) is 10.1 Å². The zero-order valence-corrected chi connectivity index (χ0v) is 12.2. The molecule has 0 fully saturated rings. The van der Waals surface area contributed by atoms with Gasteiger partial charge in [0.2, 0.25) is 0 Å². The van der Waals surface area contributed by atoms with E-state index in [2.05, 4.69) is 22.8 Å². The average Bonchev–Trinajstić information content (AvgIpc) is 2.79. The van der Waals surface area contributed by atoms with Crippen molar-refractivity contribution in [1.29, 1.82) is 0 Å². The van der Waals surface area contributed by atoms with Crippen molar-refractivity contribution >= 4 is 18.3 Å². The third-order valence-corrected chi connectivity index (χ3v) is 3.59. The summed E-state index contributed by atoms with van der Waals surface area (Å²) in [5.41, 5.74) is 1.03. The van der Waals surface area contributed by atoms with Crippen LogP contribution in [0.4, 0.5) is 5.69 Å². The Balaban J connectivity index is 2.21. The molecule has 0 saturated heterocycles. The van der Waals surface area contributed by atoms with Crippen LogP contribution in [-0.4, -0.2) is 19.7 Å². The van der Waals surface area contributed by atoms with E-state index in [-0.39, 0.29) is 16.5 Å². The number of rotatable bonds is 5. The van der Waals surface area contributed by atoms with Crippen LogP contribution in [0.15, 0.2) is 29.4 Å². The first-order valence-corrected chi connectivity index (χ1v) is 6.83. The zero-order chi connectivity index (χ0) is 14.7. The molecule has 0 aliphatic rings. The average molecular weight is 292 g/mol. The van der Waals surface area contributed by atoms with E-state index in [0.717, 1.165) is 17.9 Å². The molecule has 0 amide bonds. The molecule has 6 nitrogen and oxygen atoms in total. The fourth-order valence-electron chi connectivity index (χ4n) is 2.14. The standard InChI is InChI=1S/C13H16N4O2S/c1-3-16-12(14-15-13(16)20)7-9(2)10-5-4-6-11(8-10)17(18)19/h4-6,8-9H,3,7H2,1-2H3,(H,15,20)/t9-/m1/s1. The van der Waals surface area contributed by atoms with Crippen molar-refractivity contribution in [3.05, 3.63) is 45.8 Å². The summed E-state index contributed by atoms with van der Waals surface area (Å²) in [6, 6.07) is 6.71. The van der Waals surface area contributed by atoms with E-state index >= 15 is 0 Å². The molecule has 0 aliphatic heterocycles. The molecule has 20 heavy (non-hydrogen) atoms. The van der Waals surface area contributed by atoms with E-state index in [9.17, 15) is 10.1 Å². The number of non-ortho nitro benzene ring substituents is 1. The first kappa shape index (κ1) is 14.5. The van der Waals surface area contributed by atoms with Crippen molar-refractivity contribution in [2.45, 2.75) is 37.9 Å². The Labute approximate surface area is 122 Å². The monoisotopic (exact) mass is 292 g/mol. The van der Waals surface area contributed by atoms with Gasteiger partial charge in [-0.15, -0.1) is 22.8 Å². The van der Waals surface area contributed by atoms with Gasteiger partial charge in [0, 0.05) is 25.1 Å². The highest BCUT2D eigenvalue weighted by Crippen LogP contribution is 2.24. The summed E-state index contributed by atoms with van der Waals surface area (Å²) in [7, 11) is 0. The quantitative estimate of drug-likeness (QED) is 0.522. The van der Waals surface area contributed by atoms with Crippen LogP contribution in [0.1, 0.15) is 31.2 Å². The Hall–Kier alpha value is -1.89. The van der Waals surface area contributed by atoms with E-state index in [1.165, 1.54) is 6.07 Å². The Bertz CT molecular complexity index is 627. The van der Waals surface area contributed by atoms with Crippen molar-refractivity contribution < 1.29 is 4.92 Å². The Morgan fingerprint density at radius 3 is 2.85 bits per heavy atom. The summed E-state index contributed by atoms with van der Waals surface area (Å²) in [6.07, 6.45) is 0.669. The Morgan fingerprint density at radius 2 is 2.20 bits per heavy atom. The highest BCUT2D eigenvalue weighted by molar-refractivity contribution is 7.80. The van der Waals surface area contributed by atoms with E-state index in [1.54, 1.807) is 12.1 Å². The molecule has 2 rings (SSSR count). The van der Waals surface area contributed by atoms with Gasteiger partial charge in [0.05, 0.1) is 4.92 Å². The summed E-state index contributed by atoms with van der Waals surface area (Å²) in [4.78, 5) is 10.4. The molecule has 0 N–H and O–H groups in total. The number of nitrogens with zero attached hydrogens (tertiary/aromatic N) is 4. The van der Waals surface area contributed by atoms with Crippen LogP contribution in [0.25, 0.3) is 0 Å². The molecule has 1 aromatic heterocycles. The number of hydrogen-bond acceptors (Lipinski definition) is 5. The van der Waals surface area contributed by atoms with Gasteiger partial charge in [-0.3, -0.25) is 10.1 Å². The lowest BCUT2D eigenvalue weighted by molar-refractivity contribution is -0.384. The van der Waals surface area contributed by atoms with Gasteiger partial charge in [-0.05, 0) is 18.4 Å². The molecule has 1 atom stereocenters. The molecule has 0 bridgehead atoms. The normalized spacial score (nSPS) is 12.3. The predicted molar refractivity (Wildman–Crippen MR) is 78.2 cm³/mol. The molecular weight excluding hydrogens is 276 g/mol. The van der Waals surface area contributed by atoms with Gasteiger partial charge >= 0.3 is 0 Å². The highest BCUT2D eigenvalue weighted by Gasteiger charge is 2.15. The third-order valence-electron chi connectivity index (χ3n) is 3.26. The molecule has 1 heterocycles. The summed E-state index contributed by atoms with van der Waals surface area (Å²) < 4.78 is 1.93. The fraction of sp³-hybridized carbons (Fsp3) is 0.385. The summed E-state index contributed by atoms with van der Waals surface area (Å²) in [5, 5.41) is 19.5. The topological polar surface area (TPSA) is 73.8 Å². The minimum atomic E-state index is -0.378. The number of nitro benzene ring substituents is 1. The van der Waals surface area contributed by atoms with Gasteiger partial charge < -0.3 is 4.57 Å². The number of nitro groups is 1. The number of benzene rings is 1. The maximum atomic E-state index is 10.8. The third kappa shape index (κ3) is 2.98. The Kier molecular flexibility index (Phi) is 4.39. The van der Waals surface area contributed by atoms with E-state index in [0.29, 0.717) is 11.6 Å². The molecule has 7 heteroatoms. The van der Waals surface area contributed by atoms with Gasteiger partial charge in [0.15, 0.2) is 5.16 Å². The minimum Gasteiger partial charge on any atom is -0.307 e. The molecule has 0 spiro atoms. The van der Waals surface area contributed by atoms with Crippen molar-refractivity contribution in [3.8, 4) is 0 Å². The summed E-state index contributed by atoms with van der Waals surface area (Å²) >= 11 is 4.25. The second-order valence-electron chi connectivity index (χ2n) is 4.62. The second-order valence-corrected chi connectivity index (χ2v) is 5.02. The molecule has 106 valence electrons. The minimum absolute atomic E-state index is 0.112. The molecule has 0 saturated carbocycles. The number of aromatic nitrogens is 3. The van der Waals surface area contributed by atoms with E-state index < -0.39 is 0 Å². The van der Waals surface area contributed by atoms with Crippen LogP contribution in [-0.2, 0) is 13.0 Å². The summed E-state index contributed by atoms with van der Waals surface area (Å²) in [5.74, 6) is 0.966. The molecule has 1 aromatic carbocycles. The van der Waals surface area contributed by atoms with Gasteiger partial charge in [-0.25, -0.2) is 0 Å². The van der Waals surface area contributed by atoms with Crippen LogP contribution < -0.4 is 0 Å². The van der Waals surface area contributed by atoms with Crippen LogP contribution in [0.3, 0.4) is 0 Å². The van der Waals surface area contributed by atoms with E-state index in [1.807, 2.05) is 24.5 Å². The van der Waals surface area contributed by atoms with Gasteiger partial charge in [0.25, 0.3) is 5.69 Å². The van der Waals surface area contributed by atoms with Crippen molar-refractivity contribution in [2.24, 2.45) is 0 Å². The first-order valence-electron chi connectivity index (χ1n) is 6.38. The smallest absolute Gasteiger partial charge is 0.269 e. The van der Waals surface area contributed by atoms with Crippen LogP contribution >= 0.6 is 12.6 Å². The van der Waals surface area contributed by atoms with Crippen LogP contribution in [0.2, 0.25) is 0 Å². The molecule has 2 aromatic rings. The fourth-order valence-corrected chi connectivity index (χ4v) is 2.44. The molecular formula is C13H16N4O2S. The zero-order valence-electron chi connectivity index (χ0n) is 11.4. The molecule has 0 unspecified atom stereocenters. The number of hydrogen-bond donors (Lipinski definition) is 1. The predicted octanol–water partition coefficient (Wildman–Crippen LogP) is 2.84. The SMILES string of the molecule is CCn1c(S)nnc1C[C@@H](C)c1cccc([N+](=O)[O-])c1. The number of thiol groups is 1. The molecule has 0 radical (unpaired) electrons. The van der Waals surface area contributed by atoms with E-state index in [4.69, 9.17) is 0 Å². The lowest BCUT2D eigenvalue weighted by atomic mass is 9.97. The maximum Gasteiger partial charge on any atom is 0.269 e. The van der Waals surface area contributed by atoms with Crippen molar-refractivity contribution in [2.75, 3.05) is 0 Å². The van der Waals surface area contributed by atoms with Gasteiger partial charge in [-0.1, -0.05) is 19.1 Å². The van der Waals surface area contributed by atoms with Crippen molar-refractivity contribution in [1.82, 2.24) is 14.8 Å². The highest BCUT2D eigenvalue weighted by atomic mass is 32.1. The van der Waals surface area contributed by atoms with Gasteiger partial charge in [0.1, 0.15) is 5.82 Å². The molecule has 0 aliphatic carbocycles. The largest absolute Gasteiger partial charge is 0.307 e. The maximum absolute atomic E-state index is 10.8.